The van der Waals surface area contributed by atoms with Crippen molar-refractivity contribution < 1.29 is 10.2 Å². The maximum absolute atomic E-state index is 10.6. The van der Waals surface area contributed by atoms with Gasteiger partial charge in [0.2, 0.25) is 0 Å². The molecule has 0 saturated carbocycles. The second kappa shape index (κ2) is 5.51. The topological polar surface area (TPSA) is 66.2 Å². The second-order valence-corrected chi connectivity index (χ2v) is 6.12. The summed E-state index contributed by atoms with van der Waals surface area (Å²) in [5, 5.41) is 23.3. The predicted molar refractivity (Wildman–Crippen MR) is 95.8 cm³/mol. The molecule has 2 aromatic heterocycles. The average Bonchev–Trinajstić information content (AvgIpc) is 2.61. The highest BCUT2D eigenvalue weighted by atomic mass is 35.5. The Hall–Kier alpha value is -2.56. The minimum Gasteiger partial charge on any atom is -0.505 e. The minimum atomic E-state index is -0.0725. The highest BCUT2D eigenvalue weighted by Crippen LogP contribution is 2.45. The van der Waals surface area contributed by atoms with Crippen molar-refractivity contribution in [1.29, 1.82) is 0 Å². The van der Waals surface area contributed by atoms with Gasteiger partial charge >= 0.3 is 0 Å². The van der Waals surface area contributed by atoms with Gasteiger partial charge in [-0.05, 0) is 36.4 Å². The van der Waals surface area contributed by atoms with Gasteiger partial charge in [-0.2, -0.15) is 0 Å². The van der Waals surface area contributed by atoms with Crippen LogP contribution in [-0.4, -0.2) is 20.2 Å². The molecule has 6 heteroatoms. The maximum atomic E-state index is 10.6. The summed E-state index contributed by atoms with van der Waals surface area (Å²) in [6, 6.07) is 10.2. The first-order valence-corrected chi connectivity index (χ1v) is 7.86. The molecule has 4 rings (SSSR count). The number of phenolic OH excluding ortho intramolecular Hbond substituents is 2. The summed E-state index contributed by atoms with van der Waals surface area (Å²) in [7, 11) is 0. The lowest BCUT2D eigenvalue weighted by Crippen LogP contribution is -1.89. The van der Waals surface area contributed by atoms with Crippen LogP contribution in [0.5, 0.6) is 11.5 Å². The van der Waals surface area contributed by atoms with Gasteiger partial charge in [0.25, 0.3) is 0 Å². The van der Waals surface area contributed by atoms with E-state index in [2.05, 4.69) is 9.97 Å². The van der Waals surface area contributed by atoms with Crippen LogP contribution >= 0.6 is 23.2 Å². The third-order valence-corrected chi connectivity index (χ3v) is 4.55. The van der Waals surface area contributed by atoms with Crippen LogP contribution in [0.25, 0.3) is 32.9 Å². The quantitative estimate of drug-likeness (QED) is 0.493. The number of benzene rings is 2. The molecule has 0 aliphatic rings. The van der Waals surface area contributed by atoms with Crippen LogP contribution in [0.3, 0.4) is 0 Å². The molecule has 0 aliphatic heterocycles. The van der Waals surface area contributed by atoms with E-state index in [0.29, 0.717) is 43.0 Å². The van der Waals surface area contributed by atoms with Crippen molar-refractivity contribution in [1.82, 2.24) is 9.97 Å². The second-order valence-electron chi connectivity index (χ2n) is 5.31. The average molecular weight is 357 g/mol. The highest BCUT2D eigenvalue weighted by molar-refractivity contribution is 6.37. The summed E-state index contributed by atoms with van der Waals surface area (Å²) >= 11 is 12.6. The SMILES string of the molecule is Oc1c(-c2cc(Cl)c3cccnc3c2O)cc(Cl)c2cccnc12. The Morgan fingerprint density at radius 2 is 1.12 bits per heavy atom. The monoisotopic (exact) mass is 356 g/mol. The van der Waals surface area contributed by atoms with Gasteiger partial charge in [-0.15, -0.1) is 0 Å². The standard InChI is InChI=1S/C18H10Cl2N2O2/c19-13-7-11(17(23)15-9(13)3-1-5-21-15)12-8-14(20)10-4-2-6-22-16(10)18(12)24/h1-8,23-24H. The molecule has 0 bridgehead atoms. The van der Waals surface area contributed by atoms with E-state index in [9.17, 15) is 10.2 Å². The van der Waals surface area contributed by atoms with E-state index in [1.165, 1.54) is 0 Å². The van der Waals surface area contributed by atoms with E-state index in [-0.39, 0.29) is 11.5 Å². The van der Waals surface area contributed by atoms with Gasteiger partial charge in [0, 0.05) is 34.3 Å². The molecule has 0 radical (unpaired) electrons. The number of fused-ring (bicyclic) bond motifs is 2. The normalized spacial score (nSPS) is 11.2. The van der Waals surface area contributed by atoms with Gasteiger partial charge in [0.1, 0.15) is 22.5 Å². The maximum Gasteiger partial charge on any atom is 0.149 e. The van der Waals surface area contributed by atoms with Crippen molar-refractivity contribution in [2.45, 2.75) is 0 Å². The number of aromatic hydroxyl groups is 2. The van der Waals surface area contributed by atoms with E-state index in [0.717, 1.165) is 0 Å². The molecule has 2 aromatic carbocycles. The molecular weight excluding hydrogens is 347 g/mol. The predicted octanol–water partition coefficient (Wildman–Crippen LogP) is 5.17. The fraction of sp³-hybridized carbons (Fsp3) is 0. The highest BCUT2D eigenvalue weighted by Gasteiger charge is 2.19. The number of aromatic nitrogens is 2. The zero-order valence-corrected chi connectivity index (χ0v) is 13.7. The molecule has 0 unspecified atom stereocenters. The van der Waals surface area contributed by atoms with E-state index >= 15 is 0 Å². The summed E-state index contributed by atoms with van der Waals surface area (Å²) in [4.78, 5) is 8.35. The molecule has 118 valence electrons. The lowest BCUT2D eigenvalue weighted by molar-refractivity contribution is 0.474. The Labute approximate surface area is 146 Å². The van der Waals surface area contributed by atoms with Gasteiger partial charge in [-0.3, -0.25) is 9.97 Å². The Morgan fingerprint density at radius 3 is 1.54 bits per heavy atom. The molecule has 4 nitrogen and oxygen atoms in total. The third kappa shape index (κ3) is 2.15. The molecule has 2 N–H and O–H groups in total. The van der Waals surface area contributed by atoms with Crippen LogP contribution in [0.1, 0.15) is 0 Å². The molecule has 0 saturated heterocycles. The zero-order chi connectivity index (χ0) is 16.8. The molecule has 0 fully saturated rings. The summed E-state index contributed by atoms with van der Waals surface area (Å²) in [5.74, 6) is -0.145. The number of hydrogen-bond acceptors (Lipinski definition) is 4. The van der Waals surface area contributed by atoms with Crippen molar-refractivity contribution in [2.24, 2.45) is 0 Å². The largest absolute Gasteiger partial charge is 0.505 e. The van der Waals surface area contributed by atoms with Crippen molar-refractivity contribution in [3.63, 3.8) is 0 Å². The first-order chi connectivity index (χ1) is 11.6. The lowest BCUT2D eigenvalue weighted by Gasteiger charge is -2.13. The first-order valence-electron chi connectivity index (χ1n) is 7.10. The number of halogens is 2. The van der Waals surface area contributed by atoms with E-state index in [4.69, 9.17) is 23.2 Å². The van der Waals surface area contributed by atoms with Crippen molar-refractivity contribution >= 4 is 45.0 Å². The number of rotatable bonds is 1. The van der Waals surface area contributed by atoms with Crippen LogP contribution in [0.2, 0.25) is 10.0 Å². The van der Waals surface area contributed by atoms with Gasteiger partial charge in [0.15, 0.2) is 0 Å². The molecule has 4 aromatic rings. The van der Waals surface area contributed by atoms with Crippen LogP contribution in [0, 0.1) is 0 Å². The van der Waals surface area contributed by atoms with Crippen LogP contribution < -0.4 is 0 Å². The summed E-state index contributed by atoms with van der Waals surface area (Å²) in [5.41, 5.74) is 1.41. The molecule has 0 amide bonds. The Morgan fingerprint density at radius 1 is 0.708 bits per heavy atom. The fourth-order valence-electron chi connectivity index (χ4n) is 2.78. The number of hydrogen-bond donors (Lipinski definition) is 2. The Bertz CT molecular complexity index is 1020. The molecule has 0 atom stereocenters. The number of phenols is 2. The molecule has 2 heterocycles. The van der Waals surface area contributed by atoms with Gasteiger partial charge < -0.3 is 10.2 Å². The number of pyridine rings is 2. The van der Waals surface area contributed by atoms with Crippen molar-refractivity contribution in [2.75, 3.05) is 0 Å². The summed E-state index contributed by atoms with van der Waals surface area (Å²) in [6.07, 6.45) is 3.13. The van der Waals surface area contributed by atoms with Gasteiger partial charge in [0.05, 0.1) is 10.0 Å². The third-order valence-electron chi connectivity index (χ3n) is 3.92. The van der Waals surface area contributed by atoms with Gasteiger partial charge in [-0.25, -0.2) is 0 Å². The van der Waals surface area contributed by atoms with Crippen molar-refractivity contribution in [3.8, 4) is 22.6 Å². The Kier molecular flexibility index (Phi) is 3.44. The molecule has 24 heavy (non-hydrogen) atoms. The van der Waals surface area contributed by atoms with Crippen LogP contribution in [-0.2, 0) is 0 Å². The Balaban J connectivity index is 2.10. The molecular formula is C18H10Cl2N2O2. The van der Waals surface area contributed by atoms with Crippen LogP contribution in [0.4, 0.5) is 0 Å². The fourth-order valence-corrected chi connectivity index (χ4v) is 3.31. The van der Waals surface area contributed by atoms with Crippen molar-refractivity contribution in [3.05, 3.63) is 58.8 Å². The van der Waals surface area contributed by atoms with Crippen LogP contribution in [0.15, 0.2) is 48.8 Å². The minimum absolute atomic E-state index is 0.0725. The number of nitrogens with zero attached hydrogens (tertiary/aromatic N) is 2. The summed E-state index contributed by atoms with van der Waals surface area (Å²) in [6.45, 7) is 0. The smallest absolute Gasteiger partial charge is 0.149 e. The van der Waals surface area contributed by atoms with Gasteiger partial charge in [-0.1, -0.05) is 23.2 Å². The zero-order valence-electron chi connectivity index (χ0n) is 12.2. The lowest BCUT2D eigenvalue weighted by atomic mass is 9.99. The summed E-state index contributed by atoms with van der Waals surface area (Å²) < 4.78 is 0. The van der Waals surface area contributed by atoms with E-state index < -0.39 is 0 Å². The molecule has 0 aliphatic carbocycles. The first kappa shape index (κ1) is 15.0. The molecule has 0 spiro atoms. The van der Waals surface area contributed by atoms with E-state index in [1.807, 2.05) is 0 Å². The van der Waals surface area contributed by atoms with E-state index in [1.54, 1.807) is 48.8 Å².